The van der Waals surface area contributed by atoms with Crippen molar-refractivity contribution in [2.24, 2.45) is 11.5 Å². The average molecular weight is 232 g/mol. The van der Waals surface area contributed by atoms with E-state index in [-0.39, 0.29) is 19.3 Å². The second-order valence-electron chi connectivity index (χ2n) is 3.53. The summed E-state index contributed by atoms with van der Waals surface area (Å²) in [6, 6.07) is -1.17. The van der Waals surface area contributed by atoms with E-state index in [4.69, 9.17) is 21.7 Å². The van der Waals surface area contributed by atoms with Crippen molar-refractivity contribution < 1.29 is 24.6 Å². The zero-order chi connectivity index (χ0) is 12.9. The monoisotopic (exact) mass is 232 g/mol. The molecule has 0 aliphatic carbocycles. The maximum absolute atomic E-state index is 11.6. The standard InChI is InChI=1S/C9H16N2O5/c1-2-9(11,8(15)16)7(14)5(10)3-4-6(12)13/h5H,2-4,10-11H2,1H3,(H,12,13)(H,15,16). The third-order valence-electron chi connectivity index (χ3n) is 2.38. The van der Waals surface area contributed by atoms with Crippen molar-refractivity contribution in [3.05, 3.63) is 0 Å². The van der Waals surface area contributed by atoms with Gasteiger partial charge in [0.2, 0.25) is 0 Å². The second kappa shape index (κ2) is 5.57. The summed E-state index contributed by atoms with van der Waals surface area (Å²) in [5.41, 5.74) is 8.79. The fourth-order valence-corrected chi connectivity index (χ4v) is 1.17. The minimum Gasteiger partial charge on any atom is -0.481 e. The molecule has 0 saturated heterocycles. The number of carboxylic acid groups (broad SMARTS) is 2. The number of Topliss-reactive ketones (excluding diaryl/α,β-unsaturated/α-hetero) is 1. The van der Waals surface area contributed by atoms with Gasteiger partial charge in [-0.1, -0.05) is 6.92 Å². The molecular formula is C9H16N2O5. The van der Waals surface area contributed by atoms with Crippen LogP contribution in [-0.4, -0.2) is 39.5 Å². The number of carboxylic acids is 2. The Balaban J connectivity index is 4.63. The van der Waals surface area contributed by atoms with Gasteiger partial charge in [-0.25, -0.2) is 4.79 Å². The predicted molar refractivity (Wildman–Crippen MR) is 54.7 cm³/mol. The lowest BCUT2D eigenvalue weighted by molar-refractivity contribution is -0.148. The summed E-state index contributed by atoms with van der Waals surface area (Å²) in [4.78, 5) is 32.7. The number of ketones is 1. The van der Waals surface area contributed by atoms with Crippen molar-refractivity contribution in [1.82, 2.24) is 0 Å². The zero-order valence-corrected chi connectivity index (χ0v) is 8.97. The van der Waals surface area contributed by atoms with Gasteiger partial charge in [0.15, 0.2) is 11.3 Å². The van der Waals surface area contributed by atoms with E-state index in [0.717, 1.165) is 0 Å². The smallest absolute Gasteiger partial charge is 0.331 e. The average Bonchev–Trinajstić information content (AvgIpc) is 2.23. The van der Waals surface area contributed by atoms with Gasteiger partial charge in [0.25, 0.3) is 0 Å². The summed E-state index contributed by atoms with van der Waals surface area (Å²) in [7, 11) is 0. The highest BCUT2D eigenvalue weighted by Gasteiger charge is 2.42. The Labute approximate surface area is 92.4 Å². The van der Waals surface area contributed by atoms with E-state index in [9.17, 15) is 14.4 Å². The Kier molecular flexibility index (Phi) is 5.06. The van der Waals surface area contributed by atoms with Crippen molar-refractivity contribution in [3.63, 3.8) is 0 Å². The van der Waals surface area contributed by atoms with E-state index in [1.54, 1.807) is 0 Å². The lowest BCUT2D eigenvalue weighted by Crippen LogP contribution is -2.59. The molecule has 0 spiro atoms. The lowest BCUT2D eigenvalue weighted by Gasteiger charge is -2.24. The molecule has 0 rings (SSSR count). The molecule has 7 nitrogen and oxygen atoms in total. The Morgan fingerprint density at radius 2 is 1.81 bits per heavy atom. The van der Waals surface area contributed by atoms with Gasteiger partial charge in [0.1, 0.15) is 0 Å². The molecule has 0 aromatic heterocycles. The highest BCUT2D eigenvalue weighted by Crippen LogP contribution is 2.12. The van der Waals surface area contributed by atoms with Crippen molar-refractivity contribution in [2.75, 3.05) is 0 Å². The molecule has 0 aromatic rings. The van der Waals surface area contributed by atoms with E-state index < -0.39 is 29.3 Å². The molecule has 92 valence electrons. The van der Waals surface area contributed by atoms with Gasteiger partial charge in [0, 0.05) is 6.42 Å². The minimum atomic E-state index is -2.03. The molecule has 6 N–H and O–H groups in total. The summed E-state index contributed by atoms with van der Waals surface area (Å²) < 4.78 is 0. The zero-order valence-electron chi connectivity index (χ0n) is 8.97. The number of nitrogens with two attached hydrogens (primary N) is 2. The second-order valence-corrected chi connectivity index (χ2v) is 3.53. The SMILES string of the molecule is CCC(N)(C(=O)O)C(=O)C(N)CCC(=O)O. The molecule has 0 bridgehead atoms. The van der Waals surface area contributed by atoms with Crippen LogP contribution in [0.5, 0.6) is 0 Å². The van der Waals surface area contributed by atoms with Crippen LogP contribution in [0.1, 0.15) is 26.2 Å². The molecule has 2 unspecified atom stereocenters. The topological polar surface area (TPSA) is 144 Å². The predicted octanol–water partition coefficient (Wildman–Crippen LogP) is -1.06. The third kappa shape index (κ3) is 3.28. The summed E-state index contributed by atoms with van der Waals surface area (Å²) in [5, 5.41) is 17.2. The first-order chi connectivity index (χ1) is 7.25. The molecule has 0 aliphatic heterocycles. The van der Waals surface area contributed by atoms with Crippen LogP contribution in [0.2, 0.25) is 0 Å². The fraction of sp³-hybridized carbons (Fsp3) is 0.667. The van der Waals surface area contributed by atoms with Gasteiger partial charge in [-0.2, -0.15) is 0 Å². The van der Waals surface area contributed by atoms with Crippen LogP contribution in [-0.2, 0) is 14.4 Å². The van der Waals surface area contributed by atoms with E-state index in [0.29, 0.717) is 0 Å². The minimum absolute atomic E-state index is 0.0953. The molecule has 0 heterocycles. The normalized spacial score (nSPS) is 16.2. The molecule has 0 amide bonds. The molecular weight excluding hydrogens is 216 g/mol. The van der Waals surface area contributed by atoms with E-state index >= 15 is 0 Å². The highest BCUT2D eigenvalue weighted by atomic mass is 16.4. The first-order valence-corrected chi connectivity index (χ1v) is 4.79. The molecule has 16 heavy (non-hydrogen) atoms. The van der Waals surface area contributed by atoms with Crippen molar-refractivity contribution in [2.45, 2.75) is 37.8 Å². The first kappa shape index (κ1) is 14.5. The number of carbonyl (C=O) groups is 3. The molecule has 0 saturated carbocycles. The van der Waals surface area contributed by atoms with Crippen LogP contribution in [0.3, 0.4) is 0 Å². The van der Waals surface area contributed by atoms with Crippen molar-refractivity contribution in [1.29, 1.82) is 0 Å². The van der Waals surface area contributed by atoms with Crippen LogP contribution < -0.4 is 11.5 Å². The quantitative estimate of drug-likeness (QED) is 0.409. The Morgan fingerprint density at radius 3 is 2.12 bits per heavy atom. The summed E-state index contributed by atoms with van der Waals surface area (Å²) in [6.45, 7) is 1.45. The number of hydrogen-bond acceptors (Lipinski definition) is 5. The van der Waals surface area contributed by atoms with Crippen LogP contribution in [0.25, 0.3) is 0 Å². The van der Waals surface area contributed by atoms with E-state index in [1.807, 2.05) is 0 Å². The largest absolute Gasteiger partial charge is 0.481 e. The van der Waals surface area contributed by atoms with Gasteiger partial charge in [-0.05, 0) is 12.8 Å². The molecule has 0 radical (unpaired) electrons. The summed E-state index contributed by atoms with van der Waals surface area (Å²) in [6.07, 6.45) is -0.519. The number of aliphatic carboxylic acids is 2. The van der Waals surface area contributed by atoms with Crippen LogP contribution >= 0.6 is 0 Å². The lowest BCUT2D eigenvalue weighted by atomic mass is 9.86. The number of hydrogen-bond donors (Lipinski definition) is 4. The Bertz CT molecular complexity index is 304. The molecule has 0 aliphatic rings. The first-order valence-electron chi connectivity index (χ1n) is 4.79. The molecule has 0 fully saturated rings. The van der Waals surface area contributed by atoms with Gasteiger partial charge >= 0.3 is 11.9 Å². The summed E-state index contributed by atoms with van der Waals surface area (Å²) >= 11 is 0. The Hall–Kier alpha value is -1.47. The molecule has 7 heteroatoms. The van der Waals surface area contributed by atoms with Crippen LogP contribution in [0.15, 0.2) is 0 Å². The van der Waals surface area contributed by atoms with Gasteiger partial charge < -0.3 is 21.7 Å². The van der Waals surface area contributed by atoms with Gasteiger partial charge in [-0.3, -0.25) is 9.59 Å². The third-order valence-corrected chi connectivity index (χ3v) is 2.38. The maximum atomic E-state index is 11.6. The van der Waals surface area contributed by atoms with Crippen molar-refractivity contribution >= 4 is 17.7 Å². The molecule has 2 atom stereocenters. The maximum Gasteiger partial charge on any atom is 0.331 e. The Morgan fingerprint density at radius 1 is 1.31 bits per heavy atom. The van der Waals surface area contributed by atoms with Gasteiger partial charge in [0.05, 0.1) is 6.04 Å². The van der Waals surface area contributed by atoms with E-state index in [1.165, 1.54) is 6.92 Å². The number of carbonyl (C=O) groups excluding carboxylic acids is 1. The van der Waals surface area contributed by atoms with Crippen molar-refractivity contribution in [3.8, 4) is 0 Å². The number of rotatable bonds is 7. The highest BCUT2D eigenvalue weighted by molar-refractivity contribution is 6.09. The van der Waals surface area contributed by atoms with Crippen LogP contribution in [0.4, 0.5) is 0 Å². The summed E-state index contributed by atoms with van der Waals surface area (Å²) in [5.74, 6) is -3.40. The fourth-order valence-electron chi connectivity index (χ4n) is 1.17. The van der Waals surface area contributed by atoms with Gasteiger partial charge in [-0.15, -0.1) is 0 Å². The van der Waals surface area contributed by atoms with E-state index in [2.05, 4.69) is 0 Å². The molecule has 0 aromatic carbocycles. The van der Waals surface area contributed by atoms with Crippen LogP contribution in [0, 0.1) is 0 Å².